The second-order valence-electron chi connectivity index (χ2n) is 16.4. The van der Waals surface area contributed by atoms with Crippen LogP contribution in [0.5, 0.6) is 0 Å². The molecule has 5 aliphatic rings. The number of allylic oxidation sites excluding steroid dienone is 5. The van der Waals surface area contributed by atoms with E-state index in [1.165, 1.54) is 6.08 Å². The number of carbonyl (C=O) groups is 4. The maximum atomic E-state index is 14.3. The van der Waals surface area contributed by atoms with Crippen LogP contribution < -0.4 is 14.7 Å². The number of Topliss-reactive ketones (excluding diaryl/α,β-unsaturated/α-hetero) is 1. The maximum absolute atomic E-state index is 14.3. The van der Waals surface area contributed by atoms with Crippen LogP contribution in [-0.4, -0.2) is 118 Å². The van der Waals surface area contributed by atoms with E-state index in [9.17, 15) is 34.5 Å². The fraction of sp³-hybridized carbons (Fsp3) is 0.619. The highest BCUT2D eigenvalue weighted by atomic mass is 16.4. The molecule has 3 fully saturated rings. The summed E-state index contributed by atoms with van der Waals surface area (Å²) in [4.78, 5) is 69.9. The molecule has 0 radical (unpaired) electrons. The molecule has 0 spiro atoms. The number of hydrogen-bond donors (Lipinski definition) is 3. The van der Waals surface area contributed by atoms with E-state index in [1.54, 1.807) is 6.08 Å². The van der Waals surface area contributed by atoms with Crippen LogP contribution in [0.1, 0.15) is 74.1 Å². The molecule has 0 bridgehead atoms. The van der Waals surface area contributed by atoms with Crippen molar-refractivity contribution in [3.63, 3.8) is 0 Å². The van der Waals surface area contributed by atoms with E-state index in [0.29, 0.717) is 51.5 Å². The fourth-order valence-corrected chi connectivity index (χ4v) is 10.5. The van der Waals surface area contributed by atoms with E-state index in [4.69, 9.17) is 9.97 Å². The van der Waals surface area contributed by atoms with Crippen molar-refractivity contribution < 1.29 is 34.5 Å². The minimum Gasteiger partial charge on any atom is -0.478 e. The molecule has 1 aromatic rings. The standard InChI is InChI=1S/C42H58N6O7/c1-8-46(9-2)35-23-36(44-39(43-35)47(10-3)11-4)48-18-16-45(17-19-48)25-34(50)42(55)15-13-31-28-20-26(5)32-22-33(49)29(27(38(53)54)21-37(51)52)24-40(32,6)30(28)12-14-41(31,42)7/h12,21-24,26,28,31,55H,8-11,13-20,25H2,1-7H3,(H,51,52)(H,53,54)/b27-21-/t26-,28+,31-,40+,41-,42-/m0/s1. The molecule has 1 aromatic heterocycles. The van der Waals surface area contributed by atoms with Gasteiger partial charge in [0.05, 0.1) is 12.1 Å². The number of ketones is 2. The molecule has 4 aliphatic carbocycles. The molecule has 0 amide bonds. The third-order valence-corrected chi connectivity index (χ3v) is 13.7. The minimum absolute atomic E-state index is 0.000114. The van der Waals surface area contributed by atoms with Crippen molar-refractivity contribution in [1.82, 2.24) is 14.9 Å². The molecule has 6 rings (SSSR count). The van der Waals surface area contributed by atoms with Crippen molar-refractivity contribution in [3.05, 3.63) is 52.7 Å². The fourth-order valence-electron chi connectivity index (χ4n) is 10.5. The number of carboxylic acid groups (broad SMARTS) is 2. The Morgan fingerprint density at radius 1 is 0.964 bits per heavy atom. The lowest BCUT2D eigenvalue weighted by molar-refractivity contribution is -0.154. The van der Waals surface area contributed by atoms with E-state index in [1.807, 2.05) is 13.8 Å². The second kappa shape index (κ2) is 15.3. The molecule has 13 heteroatoms. The molecular weight excluding hydrogens is 700 g/mol. The molecule has 298 valence electrons. The Labute approximate surface area is 324 Å². The van der Waals surface area contributed by atoms with Crippen LogP contribution in [0, 0.1) is 28.6 Å². The number of nitrogens with zero attached hydrogens (tertiary/aromatic N) is 6. The predicted octanol–water partition coefficient (Wildman–Crippen LogP) is 4.53. The number of piperazine rings is 1. The molecule has 6 atom stereocenters. The van der Waals surface area contributed by atoms with Crippen LogP contribution in [0.25, 0.3) is 0 Å². The van der Waals surface area contributed by atoms with E-state index >= 15 is 0 Å². The zero-order valence-corrected chi connectivity index (χ0v) is 33.5. The first-order chi connectivity index (χ1) is 26.0. The second-order valence-corrected chi connectivity index (χ2v) is 16.4. The normalized spacial score (nSPS) is 30.7. The Morgan fingerprint density at radius 2 is 1.62 bits per heavy atom. The lowest BCUT2D eigenvalue weighted by atomic mass is 9.49. The SMILES string of the molecule is CCN(CC)c1cc(N2CCN(CC(=O)[C@@]3(O)CC[C@H]4[C@@H]5C[C@H](C)C6=CC(=O)C(/C(=C/C(=O)O)C(=O)O)=C[C@]6(C)C5=CC[C@@]43C)CC2)nc(N(CC)CC)n1. The predicted molar refractivity (Wildman–Crippen MR) is 211 cm³/mol. The average Bonchev–Trinajstić information content (AvgIpc) is 3.43. The van der Waals surface area contributed by atoms with Crippen molar-refractivity contribution in [2.45, 2.75) is 79.8 Å². The quantitative estimate of drug-likeness (QED) is 0.190. The molecule has 55 heavy (non-hydrogen) atoms. The molecule has 0 unspecified atom stereocenters. The molecule has 2 heterocycles. The van der Waals surface area contributed by atoms with Gasteiger partial charge in [0.25, 0.3) is 0 Å². The van der Waals surface area contributed by atoms with Crippen LogP contribution in [0.4, 0.5) is 17.6 Å². The van der Waals surface area contributed by atoms with Crippen LogP contribution >= 0.6 is 0 Å². The van der Waals surface area contributed by atoms with Crippen LogP contribution in [0.15, 0.2) is 52.7 Å². The largest absolute Gasteiger partial charge is 0.478 e. The van der Waals surface area contributed by atoms with Gasteiger partial charge in [0, 0.05) is 80.9 Å². The Balaban J connectivity index is 1.20. The van der Waals surface area contributed by atoms with Gasteiger partial charge in [0.15, 0.2) is 11.6 Å². The summed E-state index contributed by atoms with van der Waals surface area (Å²) in [6.45, 7) is 20.7. The van der Waals surface area contributed by atoms with Crippen LogP contribution in [0.2, 0.25) is 0 Å². The number of aliphatic hydroxyl groups is 1. The Bertz CT molecular complexity index is 1820. The van der Waals surface area contributed by atoms with E-state index in [0.717, 1.165) is 61.3 Å². The highest BCUT2D eigenvalue weighted by Crippen LogP contribution is 2.66. The summed E-state index contributed by atoms with van der Waals surface area (Å²) in [6, 6.07) is 2.07. The first kappa shape index (κ1) is 40.3. The summed E-state index contributed by atoms with van der Waals surface area (Å²) in [5.74, 6) is -1.08. The summed E-state index contributed by atoms with van der Waals surface area (Å²) in [6.07, 6.45) is 8.06. The number of anilines is 3. The molecule has 1 saturated heterocycles. The molecule has 2 saturated carbocycles. The summed E-state index contributed by atoms with van der Waals surface area (Å²) >= 11 is 0. The lowest BCUT2D eigenvalue weighted by Crippen LogP contribution is -2.58. The Kier molecular flexibility index (Phi) is 11.2. The van der Waals surface area contributed by atoms with Gasteiger partial charge in [-0.05, 0) is 89.7 Å². The summed E-state index contributed by atoms with van der Waals surface area (Å²) in [7, 11) is 0. The van der Waals surface area contributed by atoms with Crippen molar-refractivity contribution in [1.29, 1.82) is 0 Å². The molecule has 13 nitrogen and oxygen atoms in total. The number of hydrogen-bond acceptors (Lipinski definition) is 11. The van der Waals surface area contributed by atoms with Gasteiger partial charge in [-0.2, -0.15) is 9.97 Å². The van der Waals surface area contributed by atoms with E-state index in [2.05, 4.69) is 66.4 Å². The number of rotatable bonds is 13. The number of carbonyl (C=O) groups excluding carboxylic acids is 2. The molecule has 1 aliphatic heterocycles. The van der Waals surface area contributed by atoms with Gasteiger partial charge in [-0.15, -0.1) is 0 Å². The first-order valence-corrected chi connectivity index (χ1v) is 20.0. The number of aromatic nitrogens is 2. The maximum Gasteiger partial charge on any atom is 0.336 e. The highest BCUT2D eigenvalue weighted by Gasteiger charge is 2.65. The van der Waals surface area contributed by atoms with Crippen LogP contribution in [0.3, 0.4) is 0 Å². The van der Waals surface area contributed by atoms with Crippen LogP contribution in [-0.2, 0) is 19.2 Å². The molecule has 0 aromatic carbocycles. The van der Waals surface area contributed by atoms with Gasteiger partial charge < -0.3 is 30.0 Å². The zero-order chi connectivity index (χ0) is 40.0. The summed E-state index contributed by atoms with van der Waals surface area (Å²) in [5.41, 5.74) is -1.75. The van der Waals surface area contributed by atoms with Gasteiger partial charge in [-0.1, -0.05) is 31.6 Å². The smallest absolute Gasteiger partial charge is 0.336 e. The topological polar surface area (TPSA) is 168 Å². The van der Waals surface area contributed by atoms with Gasteiger partial charge in [-0.25, -0.2) is 9.59 Å². The van der Waals surface area contributed by atoms with Crippen molar-refractivity contribution in [2.75, 3.05) is 73.6 Å². The Morgan fingerprint density at radius 3 is 2.22 bits per heavy atom. The first-order valence-electron chi connectivity index (χ1n) is 20.0. The molecule has 3 N–H and O–H groups in total. The third-order valence-electron chi connectivity index (χ3n) is 13.7. The van der Waals surface area contributed by atoms with E-state index in [-0.39, 0.29) is 35.7 Å². The Hall–Kier alpha value is -4.36. The average molecular weight is 759 g/mol. The van der Waals surface area contributed by atoms with Crippen molar-refractivity contribution in [3.8, 4) is 0 Å². The van der Waals surface area contributed by atoms with Gasteiger partial charge in [-0.3, -0.25) is 14.5 Å². The monoisotopic (exact) mass is 758 g/mol. The number of aliphatic carboxylic acids is 2. The molecular formula is C42H58N6O7. The van der Waals surface area contributed by atoms with Crippen molar-refractivity contribution in [2.24, 2.45) is 28.6 Å². The van der Waals surface area contributed by atoms with Crippen molar-refractivity contribution >= 4 is 41.1 Å². The highest BCUT2D eigenvalue weighted by molar-refractivity contribution is 6.17. The number of carboxylic acids is 2. The summed E-state index contributed by atoms with van der Waals surface area (Å²) < 4.78 is 0. The summed E-state index contributed by atoms with van der Waals surface area (Å²) in [5, 5.41) is 31.7. The van der Waals surface area contributed by atoms with Gasteiger partial charge >= 0.3 is 11.9 Å². The number of fused-ring (bicyclic) bond motifs is 5. The lowest BCUT2D eigenvalue weighted by Gasteiger charge is -2.55. The van der Waals surface area contributed by atoms with Gasteiger partial charge in [0.2, 0.25) is 5.95 Å². The van der Waals surface area contributed by atoms with Gasteiger partial charge in [0.1, 0.15) is 17.2 Å². The minimum atomic E-state index is -1.51. The third kappa shape index (κ3) is 6.92. The van der Waals surface area contributed by atoms with E-state index < -0.39 is 39.7 Å². The zero-order valence-electron chi connectivity index (χ0n) is 33.5.